The van der Waals surface area contributed by atoms with Crippen LogP contribution in [0, 0.1) is 0 Å². The van der Waals surface area contributed by atoms with Crippen LogP contribution in [0.5, 0.6) is 5.75 Å². The topological polar surface area (TPSA) is 78.3 Å². The van der Waals surface area contributed by atoms with E-state index in [-0.39, 0.29) is 0 Å². The third kappa shape index (κ3) is 5.50. The number of carbonyl (C=O) groups is 1. The normalized spacial score (nSPS) is 14.6. The number of carbonyl (C=O) groups excluding carboxylic acids is 1. The summed E-state index contributed by atoms with van der Waals surface area (Å²) in [7, 11) is 1.38. The van der Waals surface area contributed by atoms with Crippen molar-refractivity contribution in [2.24, 2.45) is 0 Å². The zero-order valence-electron chi connectivity index (χ0n) is 20.3. The van der Waals surface area contributed by atoms with Gasteiger partial charge in [0.1, 0.15) is 18.4 Å². The number of hydrogen-bond donors (Lipinski definition) is 1. The monoisotopic (exact) mass is 532 g/mol. The number of aromatic nitrogens is 3. The van der Waals surface area contributed by atoms with Gasteiger partial charge >= 0.3 is 5.97 Å². The highest BCUT2D eigenvalue weighted by molar-refractivity contribution is 7.98. The number of nitrogens with zero attached hydrogens (tertiary/aromatic N) is 3. The molecule has 1 atom stereocenters. The molecule has 0 spiro atoms. The highest BCUT2D eigenvalue weighted by Gasteiger charge is 2.35. The SMILES string of the molecule is COC(=O)C1=C(C)Nc2nc(SCc3ccccc3)nn2C1c1cccc(OCc2ccccc2Cl)c1. The molecular weight excluding hydrogens is 508 g/mol. The average molecular weight is 533 g/mol. The van der Waals surface area contributed by atoms with Gasteiger partial charge in [-0.1, -0.05) is 84.0 Å². The number of hydrogen-bond acceptors (Lipinski definition) is 7. The summed E-state index contributed by atoms with van der Waals surface area (Å²) in [5.41, 5.74) is 4.02. The summed E-state index contributed by atoms with van der Waals surface area (Å²) < 4.78 is 12.9. The second-order valence-corrected chi connectivity index (χ2v) is 9.80. The standard InChI is InChI=1S/C28H25ClN4O3S/c1-18-24(26(34)35-2)25(20-12-8-13-22(15-20)36-16-21-11-6-7-14-23(21)29)33-27(30-18)31-28(32-33)37-17-19-9-4-3-5-10-19/h3-15,25H,16-17H2,1-2H3,(H,30,31,32). The Labute approximate surface area is 224 Å². The first kappa shape index (κ1) is 24.9. The first-order valence-electron chi connectivity index (χ1n) is 11.7. The highest BCUT2D eigenvalue weighted by atomic mass is 35.5. The summed E-state index contributed by atoms with van der Waals surface area (Å²) in [6.45, 7) is 2.16. The van der Waals surface area contributed by atoms with E-state index in [1.807, 2.05) is 73.7 Å². The Morgan fingerprint density at radius 1 is 1.08 bits per heavy atom. The van der Waals surface area contributed by atoms with Crippen LogP contribution < -0.4 is 10.1 Å². The fourth-order valence-corrected chi connectivity index (χ4v) is 5.12. The van der Waals surface area contributed by atoms with E-state index < -0.39 is 12.0 Å². The molecule has 0 saturated heterocycles. The molecule has 9 heteroatoms. The van der Waals surface area contributed by atoms with Crippen LogP contribution in [0.1, 0.15) is 29.7 Å². The summed E-state index contributed by atoms with van der Waals surface area (Å²) in [4.78, 5) is 17.6. The van der Waals surface area contributed by atoms with Crippen molar-refractivity contribution in [2.75, 3.05) is 12.4 Å². The maximum absolute atomic E-state index is 12.9. The number of rotatable bonds is 8. The Morgan fingerprint density at radius 2 is 1.86 bits per heavy atom. The van der Waals surface area contributed by atoms with Crippen molar-refractivity contribution in [3.63, 3.8) is 0 Å². The number of nitrogens with one attached hydrogen (secondary N) is 1. The van der Waals surface area contributed by atoms with E-state index in [1.165, 1.54) is 24.4 Å². The van der Waals surface area contributed by atoms with E-state index in [0.29, 0.717) is 39.8 Å². The predicted molar refractivity (Wildman–Crippen MR) is 145 cm³/mol. The molecule has 1 N–H and O–H groups in total. The minimum atomic E-state index is -0.536. The number of benzene rings is 3. The van der Waals surface area contributed by atoms with Gasteiger partial charge in [0.2, 0.25) is 11.1 Å². The van der Waals surface area contributed by atoms with E-state index in [0.717, 1.165) is 16.9 Å². The molecule has 3 aromatic carbocycles. The number of ether oxygens (including phenoxy) is 2. The van der Waals surface area contributed by atoms with Gasteiger partial charge < -0.3 is 14.8 Å². The fourth-order valence-electron chi connectivity index (χ4n) is 4.15. The molecule has 0 aliphatic carbocycles. The van der Waals surface area contributed by atoms with E-state index in [9.17, 15) is 4.79 Å². The van der Waals surface area contributed by atoms with Gasteiger partial charge in [-0.15, -0.1) is 5.10 Å². The molecule has 188 valence electrons. The summed E-state index contributed by atoms with van der Waals surface area (Å²) in [6, 6.07) is 24.8. The van der Waals surface area contributed by atoms with Crippen molar-refractivity contribution in [1.29, 1.82) is 0 Å². The lowest BCUT2D eigenvalue weighted by molar-refractivity contribution is -0.136. The zero-order valence-corrected chi connectivity index (χ0v) is 21.9. The van der Waals surface area contributed by atoms with Crippen LogP contribution in [0.3, 0.4) is 0 Å². The summed E-state index contributed by atoms with van der Waals surface area (Å²) in [5.74, 6) is 1.51. The van der Waals surface area contributed by atoms with Gasteiger partial charge in [0, 0.05) is 22.0 Å². The van der Waals surface area contributed by atoms with Crippen LogP contribution in [0.25, 0.3) is 0 Å². The maximum Gasteiger partial charge on any atom is 0.338 e. The van der Waals surface area contributed by atoms with Crippen molar-refractivity contribution >= 4 is 35.3 Å². The van der Waals surface area contributed by atoms with Gasteiger partial charge in [0.25, 0.3) is 0 Å². The number of allylic oxidation sites excluding steroid dienone is 1. The minimum absolute atomic E-state index is 0.322. The number of halogens is 1. The molecule has 1 aromatic heterocycles. The first-order chi connectivity index (χ1) is 18.0. The van der Waals surface area contributed by atoms with Crippen LogP contribution in [0.15, 0.2) is 95.3 Å². The van der Waals surface area contributed by atoms with Crippen molar-refractivity contribution < 1.29 is 14.3 Å². The molecule has 1 unspecified atom stereocenters. The van der Waals surface area contributed by atoms with E-state index >= 15 is 0 Å². The Morgan fingerprint density at radius 3 is 2.65 bits per heavy atom. The molecular formula is C28H25ClN4O3S. The van der Waals surface area contributed by atoms with Gasteiger partial charge in [0.05, 0.1) is 12.7 Å². The number of anilines is 1. The second-order valence-electron chi connectivity index (χ2n) is 8.45. The molecule has 0 radical (unpaired) electrons. The number of fused-ring (bicyclic) bond motifs is 1. The molecule has 0 amide bonds. The Kier molecular flexibility index (Phi) is 7.48. The quantitative estimate of drug-likeness (QED) is 0.212. The molecule has 2 heterocycles. The maximum atomic E-state index is 12.9. The second kappa shape index (κ2) is 11.1. The van der Waals surface area contributed by atoms with Crippen LogP contribution in [-0.2, 0) is 21.9 Å². The highest BCUT2D eigenvalue weighted by Crippen LogP contribution is 2.38. The molecule has 5 rings (SSSR count). The number of thioether (sulfide) groups is 1. The van der Waals surface area contributed by atoms with Gasteiger partial charge in [-0.05, 0) is 36.2 Å². The third-order valence-electron chi connectivity index (χ3n) is 5.98. The molecule has 1 aliphatic heterocycles. The summed E-state index contributed by atoms with van der Waals surface area (Å²) >= 11 is 7.82. The zero-order chi connectivity index (χ0) is 25.8. The Hall–Kier alpha value is -3.75. The van der Waals surface area contributed by atoms with Gasteiger partial charge in [-0.3, -0.25) is 0 Å². The minimum Gasteiger partial charge on any atom is -0.489 e. The van der Waals surface area contributed by atoms with Gasteiger partial charge in [0.15, 0.2) is 0 Å². The molecule has 7 nitrogen and oxygen atoms in total. The molecule has 4 aromatic rings. The van der Waals surface area contributed by atoms with Crippen molar-refractivity contribution in [1.82, 2.24) is 14.8 Å². The van der Waals surface area contributed by atoms with Crippen LogP contribution in [0.4, 0.5) is 5.95 Å². The van der Waals surface area contributed by atoms with Crippen molar-refractivity contribution in [2.45, 2.75) is 30.5 Å². The number of esters is 1. The van der Waals surface area contributed by atoms with Gasteiger partial charge in [-0.2, -0.15) is 4.98 Å². The van der Waals surface area contributed by atoms with Crippen molar-refractivity contribution in [3.8, 4) is 5.75 Å². The Bertz CT molecular complexity index is 1450. The lowest BCUT2D eigenvalue weighted by atomic mass is 9.95. The summed E-state index contributed by atoms with van der Waals surface area (Å²) in [5, 5.41) is 9.25. The molecule has 0 fully saturated rings. The fraction of sp³-hybridized carbons (Fsp3) is 0.179. The van der Waals surface area contributed by atoms with Crippen LogP contribution in [0.2, 0.25) is 5.02 Å². The molecule has 0 bridgehead atoms. The molecule has 37 heavy (non-hydrogen) atoms. The summed E-state index contributed by atoms with van der Waals surface area (Å²) in [6.07, 6.45) is 0. The molecule has 0 saturated carbocycles. The van der Waals surface area contributed by atoms with Crippen LogP contribution in [-0.4, -0.2) is 27.8 Å². The average Bonchev–Trinajstić information content (AvgIpc) is 3.33. The van der Waals surface area contributed by atoms with Crippen molar-refractivity contribution in [3.05, 3.63) is 112 Å². The third-order valence-corrected chi connectivity index (χ3v) is 7.25. The van der Waals surface area contributed by atoms with E-state index in [4.69, 9.17) is 31.2 Å². The lowest BCUT2D eigenvalue weighted by Gasteiger charge is -2.28. The van der Waals surface area contributed by atoms with E-state index in [1.54, 1.807) is 4.68 Å². The van der Waals surface area contributed by atoms with Gasteiger partial charge in [-0.25, -0.2) is 9.48 Å². The predicted octanol–water partition coefficient (Wildman–Crippen LogP) is 6.26. The lowest BCUT2D eigenvalue weighted by Crippen LogP contribution is -2.29. The Balaban J connectivity index is 1.45. The van der Waals surface area contributed by atoms with Crippen LogP contribution >= 0.6 is 23.4 Å². The molecule has 1 aliphatic rings. The first-order valence-corrected chi connectivity index (χ1v) is 13.1. The largest absolute Gasteiger partial charge is 0.489 e. The smallest absolute Gasteiger partial charge is 0.338 e. The number of methoxy groups -OCH3 is 1. The van der Waals surface area contributed by atoms with E-state index in [2.05, 4.69) is 17.4 Å².